The zero-order valence-electron chi connectivity index (χ0n) is 18.4. The summed E-state index contributed by atoms with van der Waals surface area (Å²) in [6.07, 6.45) is 3.60. The van der Waals surface area contributed by atoms with E-state index in [1.807, 2.05) is 43.3 Å². The maximum Gasteiger partial charge on any atom is 0.270 e. The fourth-order valence-corrected chi connectivity index (χ4v) is 3.57. The van der Waals surface area contributed by atoms with Gasteiger partial charge in [0.05, 0.1) is 12.0 Å². The van der Waals surface area contributed by atoms with Crippen LogP contribution in [0.15, 0.2) is 53.1 Å². The highest BCUT2D eigenvalue weighted by atomic mass is 16.3. The van der Waals surface area contributed by atoms with Crippen LogP contribution in [0.2, 0.25) is 0 Å². The van der Waals surface area contributed by atoms with Crippen LogP contribution >= 0.6 is 0 Å². The number of hydrogen-bond donors (Lipinski definition) is 1. The second-order valence-corrected chi connectivity index (χ2v) is 7.69. The van der Waals surface area contributed by atoms with Crippen molar-refractivity contribution in [1.29, 1.82) is 0 Å². The maximum atomic E-state index is 13.1. The van der Waals surface area contributed by atoms with Gasteiger partial charge in [0.15, 0.2) is 5.76 Å². The number of carbonyl (C=O) groups excluding carboxylic acids is 1. The van der Waals surface area contributed by atoms with Crippen LogP contribution in [0.25, 0.3) is 17.1 Å². The Bertz CT molecular complexity index is 942. The lowest BCUT2D eigenvalue weighted by Gasteiger charge is -2.20. The number of carbonyl (C=O) groups is 1. The van der Waals surface area contributed by atoms with Crippen molar-refractivity contribution in [3.8, 4) is 17.1 Å². The number of benzene rings is 1. The van der Waals surface area contributed by atoms with Crippen molar-refractivity contribution >= 4 is 5.91 Å². The third kappa shape index (κ3) is 5.39. The quantitative estimate of drug-likeness (QED) is 0.529. The third-order valence-electron chi connectivity index (χ3n) is 5.35. The summed E-state index contributed by atoms with van der Waals surface area (Å²) < 4.78 is 7.19. The van der Waals surface area contributed by atoms with Gasteiger partial charge in [-0.3, -0.25) is 4.79 Å². The molecule has 3 aromatic rings. The molecule has 1 aromatic carbocycles. The number of rotatable bonds is 10. The van der Waals surface area contributed by atoms with Gasteiger partial charge in [0, 0.05) is 12.1 Å². The molecule has 0 aliphatic rings. The summed E-state index contributed by atoms with van der Waals surface area (Å²) in [5.41, 5.74) is 3.11. The Morgan fingerprint density at radius 2 is 2.00 bits per heavy atom. The largest absolute Gasteiger partial charge is 0.463 e. The predicted molar refractivity (Wildman–Crippen MR) is 120 cm³/mol. The van der Waals surface area contributed by atoms with Crippen LogP contribution < -0.4 is 5.32 Å². The topological polar surface area (TPSA) is 63.3 Å². The number of amides is 1. The molecule has 3 rings (SSSR count). The predicted octanol–water partition coefficient (Wildman–Crippen LogP) is 4.68. The molecule has 1 amide bonds. The molecule has 160 valence electrons. The van der Waals surface area contributed by atoms with Gasteiger partial charge in [-0.1, -0.05) is 26.0 Å². The molecule has 0 aliphatic carbocycles. The molecule has 0 bridgehead atoms. The molecule has 1 atom stereocenters. The Balaban J connectivity index is 1.77. The number of furan rings is 1. The average molecular weight is 409 g/mol. The van der Waals surface area contributed by atoms with E-state index in [0.717, 1.165) is 43.7 Å². The smallest absolute Gasteiger partial charge is 0.270 e. The summed E-state index contributed by atoms with van der Waals surface area (Å²) in [5, 5.41) is 7.80. The van der Waals surface area contributed by atoms with Crippen LogP contribution in [0.3, 0.4) is 0 Å². The molecule has 6 nitrogen and oxygen atoms in total. The Hall–Kier alpha value is -2.86. The van der Waals surface area contributed by atoms with E-state index in [-0.39, 0.29) is 11.9 Å². The van der Waals surface area contributed by atoms with Crippen LogP contribution in [0.5, 0.6) is 0 Å². The number of nitrogens with zero attached hydrogens (tertiary/aromatic N) is 3. The summed E-state index contributed by atoms with van der Waals surface area (Å²) in [7, 11) is 0. The lowest BCUT2D eigenvalue weighted by Crippen LogP contribution is -2.34. The molecule has 0 saturated heterocycles. The number of nitrogens with one attached hydrogen (secondary N) is 1. The van der Waals surface area contributed by atoms with Gasteiger partial charge < -0.3 is 14.6 Å². The zero-order chi connectivity index (χ0) is 21.5. The van der Waals surface area contributed by atoms with Crippen LogP contribution in [-0.2, 0) is 0 Å². The summed E-state index contributed by atoms with van der Waals surface area (Å²) >= 11 is 0. The molecule has 0 unspecified atom stereocenters. The lowest BCUT2D eigenvalue weighted by molar-refractivity contribution is 0.0929. The van der Waals surface area contributed by atoms with Crippen LogP contribution in [0, 0.1) is 6.92 Å². The van der Waals surface area contributed by atoms with Crippen molar-refractivity contribution in [1.82, 2.24) is 20.0 Å². The van der Waals surface area contributed by atoms with Crippen molar-refractivity contribution in [3.63, 3.8) is 0 Å². The van der Waals surface area contributed by atoms with Gasteiger partial charge in [0.2, 0.25) is 0 Å². The minimum Gasteiger partial charge on any atom is -0.463 e. The Kier molecular flexibility index (Phi) is 7.46. The first-order valence-corrected chi connectivity index (χ1v) is 10.8. The van der Waals surface area contributed by atoms with Crippen LogP contribution in [0.1, 0.15) is 49.7 Å². The minimum atomic E-state index is -0.128. The van der Waals surface area contributed by atoms with Gasteiger partial charge in [-0.05, 0) is 76.2 Å². The highest BCUT2D eigenvalue weighted by molar-refractivity contribution is 5.94. The van der Waals surface area contributed by atoms with Crippen molar-refractivity contribution in [2.24, 2.45) is 0 Å². The average Bonchev–Trinajstić information content (AvgIpc) is 3.41. The monoisotopic (exact) mass is 408 g/mol. The molecule has 1 N–H and O–H groups in total. The second-order valence-electron chi connectivity index (χ2n) is 7.69. The normalized spacial score (nSPS) is 12.3. The van der Waals surface area contributed by atoms with Gasteiger partial charge in [-0.15, -0.1) is 0 Å². The lowest BCUT2D eigenvalue weighted by atomic mass is 10.1. The SMILES string of the molecule is CCN(CC)CCC[C@H](C)NC(=O)c1cc(-c2ccco2)nn1-c1cccc(C)c1. The second kappa shape index (κ2) is 10.3. The third-order valence-corrected chi connectivity index (χ3v) is 5.35. The van der Waals surface area contributed by atoms with Gasteiger partial charge in [0.25, 0.3) is 5.91 Å². The first-order chi connectivity index (χ1) is 14.5. The molecule has 0 radical (unpaired) electrons. The molecule has 0 spiro atoms. The van der Waals surface area contributed by atoms with Crippen LogP contribution in [-0.4, -0.2) is 46.3 Å². The molecule has 0 aliphatic heterocycles. The molecule has 6 heteroatoms. The van der Waals surface area contributed by atoms with Crippen molar-refractivity contribution < 1.29 is 9.21 Å². The van der Waals surface area contributed by atoms with E-state index in [0.29, 0.717) is 17.1 Å². The molecule has 2 aromatic heterocycles. The van der Waals surface area contributed by atoms with Crippen LogP contribution in [0.4, 0.5) is 0 Å². The molecule has 2 heterocycles. The zero-order valence-corrected chi connectivity index (χ0v) is 18.4. The van der Waals surface area contributed by atoms with E-state index in [4.69, 9.17) is 4.42 Å². The van der Waals surface area contributed by atoms with E-state index < -0.39 is 0 Å². The molecule has 30 heavy (non-hydrogen) atoms. The maximum absolute atomic E-state index is 13.1. The van der Waals surface area contributed by atoms with Gasteiger partial charge in [-0.2, -0.15) is 5.10 Å². The number of hydrogen-bond acceptors (Lipinski definition) is 4. The van der Waals surface area contributed by atoms with Crippen molar-refractivity contribution in [3.05, 3.63) is 60.0 Å². The Labute approximate surface area is 178 Å². The summed E-state index contributed by atoms with van der Waals surface area (Å²) in [4.78, 5) is 15.5. The Morgan fingerprint density at radius 1 is 1.20 bits per heavy atom. The summed E-state index contributed by atoms with van der Waals surface area (Å²) in [6.45, 7) is 11.6. The summed E-state index contributed by atoms with van der Waals surface area (Å²) in [6, 6.07) is 13.5. The van der Waals surface area contributed by atoms with E-state index >= 15 is 0 Å². The molecular weight excluding hydrogens is 376 g/mol. The first kappa shape index (κ1) is 21.8. The van der Waals surface area contributed by atoms with Crippen molar-refractivity contribution in [2.45, 2.75) is 46.6 Å². The standard InChI is InChI=1S/C24H32N4O2/c1-5-27(6-2)14-8-11-19(4)25-24(29)22-17-21(23-13-9-15-30-23)26-28(22)20-12-7-10-18(3)16-20/h7,9-10,12-13,15-17,19H,5-6,8,11,14H2,1-4H3,(H,25,29)/t19-/m0/s1. The number of aromatic nitrogens is 2. The fraction of sp³-hybridized carbons (Fsp3) is 0.417. The van der Waals surface area contributed by atoms with E-state index in [9.17, 15) is 4.79 Å². The molecular formula is C24H32N4O2. The van der Waals surface area contributed by atoms with Gasteiger partial charge in [0.1, 0.15) is 11.4 Å². The molecule has 0 saturated carbocycles. The summed E-state index contributed by atoms with van der Waals surface area (Å²) in [5.74, 6) is 0.514. The highest BCUT2D eigenvalue weighted by Gasteiger charge is 2.20. The van der Waals surface area contributed by atoms with E-state index in [2.05, 4.69) is 36.1 Å². The highest BCUT2D eigenvalue weighted by Crippen LogP contribution is 2.23. The van der Waals surface area contributed by atoms with Crippen molar-refractivity contribution in [2.75, 3.05) is 19.6 Å². The molecule has 0 fully saturated rings. The first-order valence-electron chi connectivity index (χ1n) is 10.8. The van der Waals surface area contributed by atoms with Gasteiger partial charge in [-0.25, -0.2) is 4.68 Å². The fourth-order valence-electron chi connectivity index (χ4n) is 3.57. The minimum absolute atomic E-state index is 0.0842. The van der Waals surface area contributed by atoms with E-state index in [1.54, 1.807) is 17.0 Å². The number of aryl methyl sites for hydroxylation is 1. The van der Waals surface area contributed by atoms with E-state index in [1.165, 1.54) is 0 Å². The van der Waals surface area contributed by atoms with Gasteiger partial charge >= 0.3 is 0 Å². The Morgan fingerprint density at radius 3 is 2.67 bits per heavy atom.